The van der Waals surface area contributed by atoms with Crippen LogP contribution in [0, 0.1) is 29.4 Å². The fraction of sp³-hybridized carbons (Fsp3) is 0.636. The highest BCUT2D eigenvalue weighted by Gasteiger charge is 2.30. The number of hydrogen-bond donors (Lipinski definition) is 0. The van der Waals surface area contributed by atoms with E-state index in [1.807, 2.05) is 0 Å². The van der Waals surface area contributed by atoms with Crippen LogP contribution < -0.4 is 0 Å². The minimum absolute atomic E-state index is 0.417. The van der Waals surface area contributed by atoms with E-state index in [0.29, 0.717) is 13.1 Å². The number of hydrogen-bond acceptors (Lipinski definition) is 0. The van der Waals surface area contributed by atoms with Crippen LogP contribution in [-0.4, -0.2) is 7.18 Å². The molecule has 2 aliphatic carbocycles. The molecule has 0 atom stereocenters. The Balaban J connectivity index is 0.00000109. The van der Waals surface area contributed by atoms with Crippen molar-refractivity contribution in [2.45, 2.75) is 64.2 Å². The van der Waals surface area contributed by atoms with Crippen LogP contribution in [0.1, 0.15) is 69.8 Å². The molecule has 0 aliphatic heterocycles. The molecule has 0 heterocycles. The molecule has 0 N–H and O–H groups in total. The Bertz CT molecular complexity index is 536. The summed E-state index contributed by atoms with van der Waals surface area (Å²) in [6.45, 7) is 2.12. The minimum atomic E-state index is -0.736. The van der Waals surface area contributed by atoms with Crippen molar-refractivity contribution in [2.24, 2.45) is 17.8 Å². The van der Waals surface area contributed by atoms with Crippen LogP contribution >= 0.6 is 0 Å². The van der Waals surface area contributed by atoms with Gasteiger partial charge in [0.2, 0.25) is 0 Å². The van der Waals surface area contributed by atoms with Crippen molar-refractivity contribution < 1.29 is 13.2 Å². The quantitative estimate of drug-likeness (QED) is 0.504. The van der Waals surface area contributed by atoms with Gasteiger partial charge in [0.15, 0.2) is 11.6 Å². The van der Waals surface area contributed by atoms with Gasteiger partial charge in [-0.2, -0.15) is 0 Å². The number of halogens is 3. The summed E-state index contributed by atoms with van der Waals surface area (Å²) in [5, 5.41) is 0. The second-order valence-corrected chi connectivity index (χ2v) is 7.49. The Morgan fingerprint density at radius 3 is 1.88 bits per heavy atom. The van der Waals surface area contributed by atoms with Gasteiger partial charge in [-0.15, -0.1) is 0 Å². The zero-order valence-corrected chi connectivity index (χ0v) is 15.5. The molecule has 1 aromatic carbocycles. The minimum Gasteiger partial charge on any atom is -0.255 e. The maximum atomic E-state index is 13.4. The Labute approximate surface area is 150 Å². The van der Waals surface area contributed by atoms with E-state index in [2.05, 4.69) is 19.1 Å². The van der Waals surface area contributed by atoms with Gasteiger partial charge in [-0.3, -0.25) is 4.39 Å². The average Bonchev–Trinajstić information content (AvgIpc) is 2.67. The molecule has 0 aromatic heterocycles. The van der Waals surface area contributed by atoms with Crippen LogP contribution in [0.3, 0.4) is 0 Å². The first-order valence-electron chi connectivity index (χ1n) is 9.63. The Morgan fingerprint density at radius 2 is 1.36 bits per heavy atom. The van der Waals surface area contributed by atoms with Crippen molar-refractivity contribution in [1.82, 2.24) is 0 Å². The van der Waals surface area contributed by atoms with Crippen molar-refractivity contribution in [2.75, 3.05) is 7.18 Å². The highest BCUT2D eigenvalue weighted by molar-refractivity contribution is 5.22. The molecule has 0 radical (unpaired) electrons. The molecule has 2 fully saturated rings. The van der Waals surface area contributed by atoms with Gasteiger partial charge in [0.25, 0.3) is 0 Å². The molecule has 3 heteroatoms. The molecule has 3 rings (SSSR count). The van der Waals surface area contributed by atoms with Crippen molar-refractivity contribution in [1.29, 1.82) is 0 Å². The first kappa shape index (κ1) is 20.1. The van der Waals surface area contributed by atoms with Gasteiger partial charge in [0.1, 0.15) is 0 Å². The molecule has 0 nitrogen and oxygen atoms in total. The van der Waals surface area contributed by atoms with E-state index in [9.17, 15) is 13.2 Å². The van der Waals surface area contributed by atoms with Gasteiger partial charge in [0, 0.05) is 0 Å². The normalized spacial score (nSPS) is 30.0. The van der Waals surface area contributed by atoms with E-state index in [-0.39, 0.29) is 0 Å². The highest BCUT2D eigenvalue weighted by atomic mass is 19.2. The van der Waals surface area contributed by atoms with E-state index in [0.717, 1.165) is 36.2 Å². The third-order valence-corrected chi connectivity index (χ3v) is 6.13. The average molecular weight is 352 g/mol. The molecule has 140 valence electrons. The van der Waals surface area contributed by atoms with E-state index in [4.69, 9.17) is 0 Å². The maximum Gasteiger partial charge on any atom is 0.159 e. The number of rotatable bonds is 3. The third-order valence-electron chi connectivity index (χ3n) is 6.13. The SMILES string of the molecule is CC=CC1CCC(C2CCC(c3ccc(F)c(F)c3)CC2)CC1.CF. The molecule has 25 heavy (non-hydrogen) atoms. The summed E-state index contributed by atoms with van der Waals surface area (Å²) in [5.74, 6) is 1.52. The topological polar surface area (TPSA) is 0 Å². The molecule has 0 amide bonds. The van der Waals surface area contributed by atoms with E-state index in [1.165, 1.54) is 50.7 Å². The predicted molar refractivity (Wildman–Crippen MR) is 98.4 cm³/mol. The lowest BCUT2D eigenvalue weighted by Crippen LogP contribution is -2.25. The first-order chi connectivity index (χ1) is 12.2. The molecule has 0 unspecified atom stereocenters. The molecule has 2 aliphatic rings. The van der Waals surface area contributed by atoms with Gasteiger partial charge >= 0.3 is 0 Å². The van der Waals surface area contributed by atoms with Crippen molar-refractivity contribution in [3.05, 3.63) is 47.5 Å². The Hall–Kier alpha value is -1.25. The van der Waals surface area contributed by atoms with Crippen molar-refractivity contribution in [3.8, 4) is 0 Å². The molecule has 0 spiro atoms. The van der Waals surface area contributed by atoms with Crippen LogP contribution in [0.4, 0.5) is 13.2 Å². The molecule has 0 saturated heterocycles. The molecule has 0 bridgehead atoms. The third kappa shape index (κ3) is 5.36. The van der Waals surface area contributed by atoms with Crippen LogP contribution in [0.25, 0.3) is 0 Å². The summed E-state index contributed by atoms with van der Waals surface area (Å²) >= 11 is 0. The number of allylic oxidation sites excluding steroid dienone is 2. The van der Waals surface area contributed by atoms with Crippen LogP contribution in [0.2, 0.25) is 0 Å². The smallest absolute Gasteiger partial charge is 0.159 e. The van der Waals surface area contributed by atoms with E-state index in [1.54, 1.807) is 6.07 Å². The van der Waals surface area contributed by atoms with Gasteiger partial charge in [-0.1, -0.05) is 18.2 Å². The van der Waals surface area contributed by atoms with Gasteiger partial charge in [-0.25, -0.2) is 8.78 Å². The monoisotopic (exact) mass is 352 g/mol. The lowest BCUT2D eigenvalue weighted by molar-refractivity contribution is 0.171. The summed E-state index contributed by atoms with van der Waals surface area (Å²) in [6, 6.07) is 4.45. The summed E-state index contributed by atoms with van der Waals surface area (Å²) in [6.07, 6.45) is 14.8. The van der Waals surface area contributed by atoms with Crippen LogP contribution in [-0.2, 0) is 0 Å². The highest BCUT2D eigenvalue weighted by Crippen LogP contribution is 2.44. The van der Waals surface area contributed by atoms with Crippen LogP contribution in [0.5, 0.6) is 0 Å². The van der Waals surface area contributed by atoms with Crippen molar-refractivity contribution >= 4 is 0 Å². The molecular weight excluding hydrogens is 321 g/mol. The number of alkyl halides is 1. The Morgan fingerprint density at radius 1 is 0.800 bits per heavy atom. The number of benzene rings is 1. The molecule has 1 aromatic rings. The molecule has 2 saturated carbocycles. The fourth-order valence-electron chi connectivity index (χ4n) is 4.77. The largest absolute Gasteiger partial charge is 0.255 e. The fourth-order valence-corrected chi connectivity index (χ4v) is 4.77. The maximum absolute atomic E-state index is 13.4. The second kappa shape index (κ2) is 10.0. The summed E-state index contributed by atoms with van der Waals surface area (Å²) in [5.41, 5.74) is 0.985. The first-order valence-corrected chi connectivity index (χ1v) is 9.63. The van der Waals surface area contributed by atoms with Gasteiger partial charge in [0.05, 0.1) is 7.18 Å². The predicted octanol–water partition coefficient (Wildman–Crippen LogP) is 7.21. The van der Waals surface area contributed by atoms with Gasteiger partial charge in [-0.05, 0) is 99.7 Å². The zero-order chi connectivity index (χ0) is 18.2. The second-order valence-electron chi connectivity index (χ2n) is 7.49. The zero-order valence-electron chi connectivity index (χ0n) is 15.5. The lowest BCUT2D eigenvalue weighted by Gasteiger charge is -2.37. The standard InChI is InChI=1S/C21H28F2.CH3F/c1-2-3-15-4-6-16(7-5-15)17-8-10-18(11-9-17)19-12-13-20(22)21(23)14-19;1-2/h2-3,12-18H,4-11H2,1H3;1H3. The van der Waals surface area contributed by atoms with Crippen LogP contribution in [0.15, 0.2) is 30.4 Å². The lowest BCUT2D eigenvalue weighted by atomic mass is 9.68. The van der Waals surface area contributed by atoms with E-state index < -0.39 is 11.6 Å². The Kier molecular flexibility index (Phi) is 8.05. The molecular formula is C22H31F3. The van der Waals surface area contributed by atoms with Gasteiger partial charge < -0.3 is 0 Å². The van der Waals surface area contributed by atoms with Crippen molar-refractivity contribution in [3.63, 3.8) is 0 Å². The summed E-state index contributed by atoms with van der Waals surface area (Å²) in [7, 11) is 0.500. The summed E-state index contributed by atoms with van der Waals surface area (Å²) in [4.78, 5) is 0. The summed E-state index contributed by atoms with van der Waals surface area (Å²) < 4.78 is 36.0. The van der Waals surface area contributed by atoms with E-state index >= 15 is 0 Å².